The second kappa shape index (κ2) is 9.02. The molecule has 1 aliphatic rings. The highest BCUT2D eigenvalue weighted by Gasteiger charge is 2.18. The maximum atomic E-state index is 11.9. The lowest BCUT2D eigenvalue weighted by molar-refractivity contribution is -0.128. The topological polar surface area (TPSA) is 83.6 Å². The minimum absolute atomic E-state index is 0.00573. The van der Waals surface area contributed by atoms with E-state index in [4.69, 9.17) is 4.74 Å². The number of carbonyl (C=O) groups excluding carboxylic acids is 2. The van der Waals surface area contributed by atoms with Gasteiger partial charge in [0.15, 0.2) is 0 Å². The number of rotatable bonds is 6. The Morgan fingerprint density at radius 2 is 2.00 bits per heavy atom. The van der Waals surface area contributed by atoms with Gasteiger partial charge in [-0.25, -0.2) is 9.78 Å². The quantitative estimate of drug-likeness (QED) is 0.820. The third-order valence-corrected chi connectivity index (χ3v) is 4.38. The standard InChI is InChI=1S/C20H24N4O3/c1-2-15-6-5-7-17(12-15)27-18-9-8-16(13-21-18)23-20(26)22-14-19(25)24-10-3-4-11-24/h5-9,12-13H,2-4,10-11,14H2,1H3,(H2,22,23,26). The van der Waals surface area contributed by atoms with E-state index in [1.165, 1.54) is 11.8 Å². The van der Waals surface area contributed by atoms with Crippen molar-refractivity contribution in [2.75, 3.05) is 25.0 Å². The van der Waals surface area contributed by atoms with E-state index in [-0.39, 0.29) is 12.5 Å². The van der Waals surface area contributed by atoms with Crippen LogP contribution in [0, 0.1) is 0 Å². The Morgan fingerprint density at radius 1 is 1.19 bits per heavy atom. The molecule has 2 heterocycles. The Bertz CT molecular complexity index is 786. The van der Waals surface area contributed by atoms with Crippen LogP contribution in [0.5, 0.6) is 11.6 Å². The molecule has 0 saturated carbocycles. The number of benzene rings is 1. The van der Waals surface area contributed by atoms with Gasteiger partial charge in [-0.1, -0.05) is 19.1 Å². The Labute approximate surface area is 158 Å². The maximum Gasteiger partial charge on any atom is 0.319 e. The molecule has 142 valence electrons. The van der Waals surface area contributed by atoms with Crippen LogP contribution in [-0.4, -0.2) is 41.5 Å². The summed E-state index contributed by atoms with van der Waals surface area (Å²) >= 11 is 0. The molecule has 7 nitrogen and oxygen atoms in total. The number of amides is 3. The van der Waals surface area contributed by atoms with Crippen LogP contribution in [0.25, 0.3) is 0 Å². The van der Waals surface area contributed by atoms with Crippen LogP contribution in [0.2, 0.25) is 0 Å². The van der Waals surface area contributed by atoms with Crippen LogP contribution >= 0.6 is 0 Å². The number of carbonyl (C=O) groups is 2. The Morgan fingerprint density at radius 3 is 2.70 bits per heavy atom. The van der Waals surface area contributed by atoms with Gasteiger partial charge in [0, 0.05) is 19.2 Å². The third kappa shape index (κ3) is 5.44. The molecular formula is C20H24N4O3. The summed E-state index contributed by atoms with van der Waals surface area (Å²) in [7, 11) is 0. The zero-order valence-corrected chi connectivity index (χ0v) is 15.4. The van der Waals surface area contributed by atoms with Crippen molar-refractivity contribution in [2.24, 2.45) is 0 Å². The predicted octanol–water partition coefficient (Wildman–Crippen LogP) is 3.18. The van der Waals surface area contributed by atoms with Gasteiger partial charge in [0.25, 0.3) is 0 Å². The number of urea groups is 1. The van der Waals surface area contributed by atoms with Gasteiger partial charge in [-0.3, -0.25) is 4.79 Å². The number of likely N-dealkylation sites (tertiary alicyclic amines) is 1. The monoisotopic (exact) mass is 368 g/mol. The van der Waals surface area contributed by atoms with E-state index in [0.29, 0.717) is 11.6 Å². The largest absolute Gasteiger partial charge is 0.439 e. The maximum absolute atomic E-state index is 11.9. The van der Waals surface area contributed by atoms with Gasteiger partial charge < -0.3 is 20.3 Å². The van der Waals surface area contributed by atoms with Crippen molar-refractivity contribution in [1.29, 1.82) is 0 Å². The average Bonchev–Trinajstić information content (AvgIpc) is 3.23. The van der Waals surface area contributed by atoms with Crippen LogP contribution < -0.4 is 15.4 Å². The van der Waals surface area contributed by atoms with E-state index in [2.05, 4.69) is 22.5 Å². The second-order valence-corrected chi connectivity index (χ2v) is 6.38. The molecule has 0 spiro atoms. The summed E-state index contributed by atoms with van der Waals surface area (Å²) in [6.07, 6.45) is 4.51. The number of aromatic nitrogens is 1. The highest BCUT2D eigenvalue weighted by atomic mass is 16.5. The Kier molecular flexibility index (Phi) is 6.25. The molecule has 0 unspecified atom stereocenters. The molecule has 1 aliphatic heterocycles. The molecule has 1 fully saturated rings. The molecular weight excluding hydrogens is 344 g/mol. The van der Waals surface area contributed by atoms with Crippen molar-refractivity contribution in [3.05, 3.63) is 48.2 Å². The van der Waals surface area contributed by atoms with Gasteiger partial charge in [0.2, 0.25) is 11.8 Å². The lowest BCUT2D eigenvalue weighted by atomic mass is 10.2. The number of aryl methyl sites for hydroxylation is 1. The van der Waals surface area contributed by atoms with Crippen LogP contribution in [0.1, 0.15) is 25.3 Å². The lowest BCUT2D eigenvalue weighted by Crippen LogP contribution is -2.40. The highest BCUT2D eigenvalue weighted by molar-refractivity contribution is 5.92. The zero-order valence-electron chi connectivity index (χ0n) is 15.4. The van der Waals surface area contributed by atoms with Crippen LogP contribution in [0.3, 0.4) is 0 Å². The fraction of sp³-hybridized carbons (Fsp3) is 0.350. The smallest absolute Gasteiger partial charge is 0.319 e. The third-order valence-electron chi connectivity index (χ3n) is 4.38. The van der Waals surface area contributed by atoms with Crippen molar-refractivity contribution in [3.8, 4) is 11.6 Å². The fourth-order valence-corrected chi connectivity index (χ4v) is 2.87. The SMILES string of the molecule is CCc1cccc(Oc2ccc(NC(=O)NCC(=O)N3CCCC3)cn2)c1. The molecule has 27 heavy (non-hydrogen) atoms. The summed E-state index contributed by atoms with van der Waals surface area (Å²) < 4.78 is 5.73. The summed E-state index contributed by atoms with van der Waals surface area (Å²) in [6.45, 7) is 3.62. The van der Waals surface area contributed by atoms with E-state index < -0.39 is 6.03 Å². The van der Waals surface area contributed by atoms with Gasteiger partial charge in [-0.2, -0.15) is 0 Å². The summed E-state index contributed by atoms with van der Waals surface area (Å²) in [6, 6.07) is 10.8. The van der Waals surface area contributed by atoms with Crippen molar-refractivity contribution in [2.45, 2.75) is 26.2 Å². The van der Waals surface area contributed by atoms with E-state index in [9.17, 15) is 9.59 Å². The number of ether oxygens (including phenoxy) is 1. The summed E-state index contributed by atoms with van der Waals surface area (Å²) in [5.74, 6) is 1.11. The van der Waals surface area contributed by atoms with Crippen LogP contribution in [0.4, 0.5) is 10.5 Å². The van der Waals surface area contributed by atoms with Crippen molar-refractivity contribution >= 4 is 17.6 Å². The van der Waals surface area contributed by atoms with Gasteiger partial charge in [0.1, 0.15) is 5.75 Å². The van der Waals surface area contributed by atoms with E-state index in [1.807, 2.05) is 24.3 Å². The minimum Gasteiger partial charge on any atom is -0.439 e. The zero-order chi connectivity index (χ0) is 19.1. The summed E-state index contributed by atoms with van der Waals surface area (Å²) in [5.41, 5.74) is 1.71. The van der Waals surface area contributed by atoms with Crippen LogP contribution in [-0.2, 0) is 11.2 Å². The van der Waals surface area contributed by atoms with Gasteiger partial charge in [-0.05, 0) is 43.0 Å². The number of hydrogen-bond acceptors (Lipinski definition) is 4. The van der Waals surface area contributed by atoms with Gasteiger partial charge >= 0.3 is 6.03 Å². The van der Waals surface area contributed by atoms with Gasteiger partial charge in [-0.15, -0.1) is 0 Å². The number of hydrogen-bond donors (Lipinski definition) is 2. The van der Waals surface area contributed by atoms with E-state index in [1.54, 1.807) is 17.0 Å². The van der Waals surface area contributed by atoms with Crippen molar-refractivity contribution in [3.63, 3.8) is 0 Å². The molecule has 3 rings (SSSR count). The van der Waals surface area contributed by atoms with Gasteiger partial charge in [0.05, 0.1) is 18.4 Å². The first-order valence-electron chi connectivity index (χ1n) is 9.19. The van der Waals surface area contributed by atoms with Crippen molar-refractivity contribution in [1.82, 2.24) is 15.2 Å². The number of nitrogens with one attached hydrogen (secondary N) is 2. The number of pyridine rings is 1. The molecule has 0 bridgehead atoms. The molecule has 1 aromatic carbocycles. The first-order valence-corrected chi connectivity index (χ1v) is 9.19. The number of nitrogens with zero attached hydrogens (tertiary/aromatic N) is 2. The average molecular weight is 368 g/mol. The first-order chi connectivity index (χ1) is 13.1. The molecule has 3 amide bonds. The molecule has 7 heteroatoms. The molecule has 2 aromatic rings. The van der Waals surface area contributed by atoms with Crippen molar-refractivity contribution < 1.29 is 14.3 Å². The molecule has 2 N–H and O–H groups in total. The molecule has 1 saturated heterocycles. The second-order valence-electron chi connectivity index (χ2n) is 6.38. The Hall–Kier alpha value is -3.09. The summed E-state index contributed by atoms with van der Waals surface area (Å²) in [5, 5.41) is 5.23. The molecule has 0 atom stereocenters. The van der Waals surface area contributed by atoms with Crippen LogP contribution in [0.15, 0.2) is 42.6 Å². The first kappa shape index (κ1) is 18.7. The predicted molar refractivity (Wildman–Crippen MR) is 103 cm³/mol. The van der Waals surface area contributed by atoms with E-state index >= 15 is 0 Å². The molecule has 0 aliphatic carbocycles. The number of anilines is 1. The minimum atomic E-state index is -0.436. The lowest BCUT2D eigenvalue weighted by Gasteiger charge is -2.15. The highest BCUT2D eigenvalue weighted by Crippen LogP contribution is 2.21. The van der Waals surface area contributed by atoms with E-state index in [0.717, 1.165) is 38.1 Å². The fourth-order valence-electron chi connectivity index (χ4n) is 2.87. The normalized spacial score (nSPS) is 13.3. The molecule has 0 radical (unpaired) electrons. The Balaban J connectivity index is 1.48. The molecule has 1 aromatic heterocycles. The summed E-state index contributed by atoms with van der Waals surface area (Å²) in [4.78, 5) is 29.8.